The van der Waals surface area contributed by atoms with Gasteiger partial charge in [-0.05, 0) is 42.2 Å². The Hall–Kier alpha value is -2.83. The van der Waals surface area contributed by atoms with E-state index in [1.807, 2.05) is 6.07 Å². The number of carbonyl (C=O) groups is 1. The van der Waals surface area contributed by atoms with Crippen molar-refractivity contribution in [2.75, 3.05) is 38.2 Å². The molecule has 0 saturated carbocycles. The zero-order chi connectivity index (χ0) is 20.3. The molecule has 156 valence electrons. The predicted molar refractivity (Wildman–Crippen MR) is 119 cm³/mol. The Morgan fingerprint density at radius 2 is 1.93 bits per heavy atom. The van der Waals surface area contributed by atoms with Gasteiger partial charge in [-0.15, -0.1) is 0 Å². The van der Waals surface area contributed by atoms with Gasteiger partial charge in [0, 0.05) is 50.0 Å². The van der Waals surface area contributed by atoms with Crippen LogP contribution in [0.1, 0.15) is 18.4 Å². The first-order valence-corrected chi connectivity index (χ1v) is 10.8. The van der Waals surface area contributed by atoms with Crippen molar-refractivity contribution >= 4 is 22.5 Å². The van der Waals surface area contributed by atoms with E-state index < -0.39 is 0 Å². The lowest BCUT2D eigenvalue weighted by molar-refractivity contribution is -0.124. The number of carbonyl (C=O) groups excluding carboxylic acids is 1. The summed E-state index contributed by atoms with van der Waals surface area (Å²) in [7, 11) is 0. The number of fused-ring (bicyclic) bond motifs is 1. The molecule has 0 spiro atoms. The quantitative estimate of drug-likeness (QED) is 0.610. The summed E-state index contributed by atoms with van der Waals surface area (Å²) in [4.78, 5) is 17.6. The zero-order valence-corrected chi connectivity index (χ0v) is 17.1. The first kappa shape index (κ1) is 19.2. The number of piperazine rings is 1. The molecule has 1 amide bonds. The number of nitrogens with one attached hydrogen (secondary N) is 3. The van der Waals surface area contributed by atoms with Gasteiger partial charge in [0.15, 0.2) is 0 Å². The fraction of sp³-hybridized carbons (Fsp3) is 0.375. The van der Waals surface area contributed by atoms with Crippen LogP contribution in [0.25, 0.3) is 22.2 Å². The first-order chi connectivity index (χ1) is 14.7. The van der Waals surface area contributed by atoms with Crippen LogP contribution in [0.15, 0.2) is 48.5 Å². The number of amides is 1. The van der Waals surface area contributed by atoms with Crippen molar-refractivity contribution in [3.63, 3.8) is 0 Å². The maximum atomic E-state index is 11.8. The highest BCUT2D eigenvalue weighted by molar-refractivity contribution is 5.95. The molecule has 6 nitrogen and oxygen atoms in total. The molecular formula is C24H28N4O2. The second kappa shape index (κ2) is 8.50. The van der Waals surface area contributed by atoms with Crippen molar-refractivity contribution in [1.82, 2.24) is 15.2 Å². The van der Waals surface area contributed by atoms with Gasteiger partial charge in [0.1, 0.15) is 0 Å². The van der Waals surface area contributed by atoms with Crippen molar-refractivity contribution in [2.45, 2.75) is 25.4 Å². The summed E-state index contributed by atoms with van der Waals surface area (Å²) in [6, 6.07) is 17.6. The molecule has 3 aromatic rings. The fourth-order valence-electron chi connectivity index (χ4n) is 4.43. The van der Waals surface area contributed by atoms with Crippen LogP contribution in [-0.2, 0) is 16.1 Å². The number of hydrogen-bond donors (Lipinski definition) is 3. The average Bonchev–Trinajstić information content (AvgIpc) is 3.20. The van der Waals surface area contributed by atoms with E-state index in [4.69, 9.17) is 4.74 Å². The van der Waals surface area contributed by atoms with Crippen molar-refractivity contribution in [3.8, 4) is 11.3 Å². The Labute approximate surface area is 176 Å². The highest BCUT2D eigenvalue weighted by Gasteiger charge is 2.19. The topological polar surface area (TPSA) is 69.4 Å². The molecule has 30 heavy (non-hydrogen) atoms. The number of nitrogens with zero attached hydrogens (tertiary/aromatic N) is 1. The van der Waals surface area contributed by atoms with Crippen LogP contribution in [0.5, 0.6) is 0 Å². The normalized spacial score (nSPS) is 18.5. The Morgan fingerprint density at radius 1 is 1.10 bits per heavy atom. The number of anilines is 1. The third-order valence-corrected chi connectivity index (χ3v) is 5.98. The monoisotopic (exact) mass is 404 g/mol. The molecular weight excluding hydrogens is 376 g/mol. The van der Waals surface area contributed by atoms with Gasteiger partial charge in [-0.3, -0.25) is 9.69 Å². The number of ether oxygens (including phenoxy) is 1. The van der Waals surface area contributed by atoms with E-state index in [1.54, 1.807) is 0 Å². The average molecular weight is 405 g/mol. The van der Waals surface area contributed by atoms with Gasteiger partial charge in [0.2, 0.25) is 5.91 Å². The Morgan fingerprint density at radius 3 is 2.73 bits per heavy atom. The highest BCUT2D eigenvalue weighted by atomic mass is 16.5. The summed E-state index contributed by atoms with van der Waals surface area (Å²) in [5.74, 6) is 0.107. The molecule has 3 N–H and O–H groups in total. The highest BCUT2D eigenvalue weighted by Crippen LogP contribution is 2.32. The minimum atomic E-state index is 0.107. The molecule has 2 aromatic carbocycles. The summed E-state index contributed by atoms with van der Waals surface area (Å²) in [5, 5.41) is 7.87. The molecule has 2 aliphatic heterocycles. The summed E-state index contributed by atoms with van der Waals surface area (Å²) in [6.07, 6.45) is 2.04. The van der Waals surface area contributed by atoms with E-state index >= 15 is 0 Å². The third kappa shape index (κ3) is 4.20. The smallest absolute Gasteiger partial charge is 0.234 e. The third-order valence-electron chi connectivity index (χ3n) is 5.98. The van der Waals surface area contributed by atoms with E-state index in [-0.39, 0.29) is 5.91 Å². The van der Waals surface area contributed by atoms with Gasteiger partial charge in [-0.1, -0.05) is 30.3 Å². The lowest BCUT2D eigenvalue weighted by Crippen LogP contribution is -2.47. The molecule has 5 rings (SSSR count). The van der Waals surface area contributed by atoms with Crippen LogP contribution in [0.2, 0.25) is 0 Å². The second-order valence-corrected chi connectivity index (χ2v) is 8.25. The standard InChI is InChI=1S/C24H28N4O2/c29-23-16-28(9-8-25-23)15-17-12-19-14-21(18-4-2-1-3-5-18)27-24(19)22(13-17)26-20-6-10-30-11-7-20/h1-5,12-14,20,26-27H,6-11,15-16H2,(H,25,29). The first-order valence-electron chi connectivity index (χ1n) is 10.8. The minimum Gasteiger partial charge on any atom is -0.381 e. The molecule has 1 aromatic heterocycles. The van der Waals surface area contributed by atoms with Gasteiger partial charge in [-0.25, -0.2) is 0 Å². The second-order valence-electron chi connectivity index (χ2n) is 8.25. The number of hydrogen-bond acceptors (Lipinski definition) is 4. The number of rotatable bonds is 5. The maximum Gasteiger partial charge on any atom is 0.234 e. The lowest BCUT2D eigenvalue weighted by Gasteiger charge is -2.27. The Balaban J connectivity index is 1.49. The Bertz CT molecular complexity index is 1020. The van der Waals surface area contributed by atoms with E-state index in [0.29, 0.717) is 12.6 Å². The van der Waals surface area contributed by atoms with Crippen LogP contribution < -0.4 is 10.6 Å². The number of H-pyrrole nitrogens is 1. The van der Waals surface area contributed by atoms with E-state index in [9.17, 15) is 4.79 Å². The minimum absolute atomic E-state index is 0.107. The summed E-state index contributed by atoms with van der Waals surface area (Å²) in [6.45, 7) is 4.46. The zero-order valence-electron chi connectivity index (χ0n) is 17.1. The molecule has 0 unspecified atom stereocenters. The Kier molecular flexibility index (Phi) is 5.43. The molecule has 2 saturated heterocycles. The number of aromatic amines is 1. The molecule has 0 aliphatic carbocycles. The molecule has 3 heterocycles. The van der Waals surface area contributed by atoms with Crippen molar-refractivity contribution in [3.05, 3.63) is 54.1 Å². The lowest BCUT2D eigenvalue weighted by atomic mass is 10.1. The molecule has 2 fully saturated rings. The maximum absolute atomic E-state index is 11.8. The molecule has 2 aliphatic rings. The van der Waals surface area contributed by atoms with Crippen molar-refractivity contribution in [2.24, 2.45) is 0 Å². The van der Waals surface area contributed by atoms with Crippen LogP contribution in [0.4, 0.5) is 5.69 Å². The van der Waals surface area contributed by atoms with Crippen molar-refractivity contribution in [1.29, 1.82) is 0 Å². The van der Waals surface area contributed by atoms with Gasteiger partial charge in [0.05, 0.1) is 17.7 Å². The number of benzene rings is 2. The van der Waals surface area contributed by atoms with Crippen molar-refractivity contribution < 1.29 is 9.53 Å². The van der Waals surface area contributed by atoms with Gasteiger partial charge >= 0.3 is 0 Å². The molecule has 0 atom stereocenters. The van der Waals surface area contributed by atoms with Crippen LogP contribution in [-0.4, -0.2) is 54.7 Å². The van der Waals surface area contributed by atoms with Crippen LogP contribution in [0, 0.1) is 0 Å². The van der Waals surface area contributed by atoms with E-state index in [2.05, 4.69) is 63.0 Å². The van der Waals surface area contributed by atoms with Gasteiger partial charge in [0.25, 0.3) is 0 Å². The predicted octanol–water partition coefficient (Wildman–Crippen LogP) is 3.36. The SMILES string of the molecule is O=C1CN(Cc2cc(NC3CCOCC3)c3[nH]c(-c4ccccc4)cc3c2)CCN1. The van der Waals surface area contributed by atoms with Crippen LogP contribution in [0.3, 0.4) is 0 Å². The van der Waals surface area contributed by atoms with Gasteiger partial charge < -0.3 is 20.4 Å². The number of aromatic nitrogens is 1. The summed E-state index contributed by atoms with van der Waals surface area (Å²) >= 11 is 0. The van der Waals surface area contributed by atoms with Gasteiger partial charge in [-0.2, -0.15) is 0 Å². The largest absolute Gasteiger partial charge is 0.381 e. The molecule has 6 heteroatoms. The van der Waals surface area contributed by atoms with E-state index in [1.165, 1.54) is 16.5 Å². The summed E-state index contributed by atoms with van der Waals surface area (Å²) < 4.78 is 5.53. The molecule has 0 bridgehead atoms. The summed E-state index contributed by atoms with van der Waals surface area (Å²) in [5.41, 5.74) is 5.80. The van der Waals surface area contributed by atoms with Crippen LogP contribution >= 0.6 is 0 Å². The van der Waals surface area contributed by atoms with E-state index in [0.717, 1.165) is 62.6 Å². The fourth-order valence-corrected chi connectivity index (χ4v) is 4.43. The molecule has 0 radical (unpaired) electrons.